The summed E-state index contributed by atoms with van der Waals surface area (Å²) >= 11 is -1.35. The lowest BCUT2D eigenvalue weighted by Crippen LogP contribution is -2.35. The van der Waals surface area contributed by atoms with Gasteiger partial charge in [-0.3, -0.25) is 0 Å². The van der Waals surface area contributed by atoms with Crippen LogP contribution in [0, 0.1) is 0 Å². The van der Waals surface area contributed by atoms with Crippen molar-refractivity contribution in [3.8, 4) is 0 Å². The molecule has 0 aromatic rings. The number of hydrogen-bond donors (Lipinski definition) is 1. The van der Waals surface area contributed by atoms with Gasteiger partial charge in [0.2, 0.25) is 0 Å². The highest BCUT2D eigenvalue weighted by atomic mass is 32.2. The van der Waals surface area contributed by atoms with Gasteiger partial charge in [0.15, 0.2) is 0 Å². The molecular formula is C6H13NO3S. The summed E-state index contributed by atoms with van der Waals surface area (Å²) in [5.41, 5.74) is -0.538. The average Bonchev–Trinajstić information content (AvgIpc) is 1.53. The molecule has 66 valence electrons. The number of carbonyl (C=O) groups is 1. The minimum absolute atomic E-state index is 0.538. The van der Waals surface area contributed by atoms with Gasteiger partial charge >= 0.3 is 6.09 Å². The Morgan fingerprint density at radius 3 is 2.27 bits per heavy atom. The first-order valence-corrected chi connectivity index (χ1v) is 4.70. The molecule has 0 radical (unpaired) electrons. The smallest absolute Gasteiger partial charge is 0.449 e. The van der Waals surface area contributed by atoms with Gasteiger partial charge in [0.1, 0.15) is 11.9 Å². The van der Waals surface area contributed by atoms with Gasteiger partial charge in [-0.2, -0.15) is 0 Å². The van der Waals surface area contributed by atoms with Crippen molar-refractivity contribution in [3.05, 3.63) is 0 Å². The van der Waals surface area contributed by atoms with E-state index < -0.39 is 23.1 Å². The summed E-state index contributed by atoms with van der Waals surface area (Å²) < 4.78 is 17.4. The van der Waals surface area contributed by atoms with Gasteiger partial charge in [0, 0.05) is 0 Å². The molecule has 0 aliphatic rings. The summed E-state index contributed by atoms with van der Waals surface area (Å²) in [5.74, 6) is 0. The van der Waals surface area contributed by atoms with Crippen LogP contribution in [-0.4, -0.2) is 22.5 Å². The second kappa shape index (κ2) is 3.82. The quantitative estimate of drug-likeness (QED) is 0.606. The van der Waals surface area contributed by atoms with Crippen LogP contribution < -0.4 is 4.72 Å². The molecular weight excluding hydrogens is 166 g/mol. The van der Waals surface area contributed by atoms with Gasteiger partial charge < -0.3 is 9.29 Å². The van der Waals surface area contributed by atoms with Crippen LogP contribution in [0.15, 0.2) is 0 Å². The third kappa shape index (κ3) is 7.48. The molecule has 0 saturated carbocycles. The normalized spacial score (nSPS) is 13.9. The number of amides is 1. The molecule has 0 spiro atoms. The molecule has 1 amide bonds. The fraction of sp³-hybridized carbons (Fsp3) is 0.833. The van der Waals surface area contributed by atoms with Crippen molar-refractivity contribution in [2.75, 3.05) is 6.26 Å². The van der Waals surface area contributed by atoms with E-state index in [9.17, 15) is 9.35 Å². The maximum absolute atomic E-state index is 10.7. The molecule has 1 unspecified atom stereocenters. The van der Waals surface area contributed by atoms with Crippen molar-refractivity contribution in [1.82, 2.24) is 4.72 Å². The van der Waals surface area contributed by atoms with Crippen LogP contribution in [0.4, 0.5) is 4.79 Å². The van der Waals surface area contributed by atoms with Crippen molar-refractivity contribution in [2.24, 2.45) is 0 Å². The number of rotatable bonds is 1. The molecule has 0 aliphatic carbocycles. The molecule has 4 nitrogen and oxygen atoms in total. The van der Waals surface area contributed by atoms with Crippen molar-refractivity contribution < 1.29 is 14.1 Å². The van der Waals surface area contributed by atoms with E-state index in [0.29, 0.717) is 0 Å². The Morgan fingerprint density at radius 2 is 2.00 bits per heavy atom. The molecule has 0 saturated heterocycles. The lowest BCUT2D eigenvalue weighted by Gasteiger charge is -2.19. The molecule has 11 heavy (non-hydrogen) atoms. The lowest BCUT2D eigenvalue weighted by molar-refractivity contribution is 0.0570. The second-order valence-corrected chi connectivity index (χ2v) is 4.17. The molecule has 0 bridgehead atoms. The summed E-state index contributed by atoms with van der Waals surface area (Å²) in [6.07, 6.45) is 0.711. The zero-order valence-corrected chi connectivity index (χ0v) is 7.95. The largest absolute Gasteiger partial charge is 0.593 e. The fourth-order valence-electron chi connectivity index (χ4n) is 0.416. The molecule has 0 aromatic carbocycles. The zero-order valence-electron chi connectivity index (χ0n) is 7.13. The van der Waals surface area contributed by atoms with Crippen LogP contribution in [0.1, 0.15) is 20.8 Å². The van der Waals surface area contributed by atoms with E-state index in [0.717, 1.165) is 0 Å². The maximum atomic E-state index is 10.7. The van der Waals surface area contributed by atoms with Crippen molar-refractivity contribution in [3.63, 3.8) is 0 Å². The highest BCUT2D eigenvalue weighted by Gasteiger charge is 2.18. The van der Waals surface area contributed by atoms with Crippen molar-refractivity contribution >= 4 is 17.5 Å². The van der Waals surface area contributed by atoms with Gasteiger partial charge in [0.25, 0.3) is 0 Å². The summed E-state index contributed by atoms with van der Waals surface area (Å²) in [6, 6.07) is 0. The van der Waals surface area contributed by atoms with E-state index in [1.807, 2.05) is 0 Å². The Bertz CT molecular complexity index is 141. The highest BCUT2D eigenvalue weighted by molar-refractivity contribution is 7.89. The second-order valence-electron chi connectivity index (χ2n) is 3.06. The van der Waals surface area contributed by atoms with Gasteiger partial charge in [-0.05, 0) is 20.8 Å². The third-order valence-corrected chi connectivity index (χ3v) is 1.08. The van der Waals surface area contributed by atoms with Crippen LogP contribution in [0.5, 0.6) is 0 Å². The fourth-order valence-corrected chi connectivity index (χ4v) is 0.693. The topological polar surface area (TPSA) is 61.4 Å². The monoisotopic (exact) mass is 179 g/mol. The molecule has 0 rings (SSSR count). The Labute approximate surface area is 69.6 Å². The molecule has 0 aromatic heterocycles. The van der Waals surface area contributed by atoms with Gasteiger partial charge in [-0.25, -0.2) is 4.79 Å². The van der Waals surface area contributed by atoms with Crippen LogP contribution in [-0.2, 0) is 16.1 Å². The predicted octanol–water partition coefficient (Wildman–Crippen LogP) is 0.805. The van der Waals surface area contributed by atoms with E-state index in [1.165, 1.54) is 6.26 Å². The number of carbonyl (C=O) groups excluding carboxylic acids is 1. The Hall–Kier alpha value is -0.420. The maximum Gasteiger partial charge on any atom is 0.449 e. The first-order chi connectivity index (χ1) is 4.81. The number of nitrogens with one attached hydrogen (secondary N) is 1. The molecule has 1 atom stereocenters. The summed E-state index contributed by atoms with van der Waals surface area (Å²) in [7, 11) is 0. The van der Waals surface area contributed by atoms with E-state index in [4.69, 9.17) is 4.74 Å². The van der Waals surface area contributed by atoms with E-state index >= 15 is 0 Å². The minimum atomic E-state index is -1.35. The number of ether oxygens (including phenoxy) is 1. The summed E-state index contributed by atoms with van der Waals surface area (Å²) in [4.78, 5) is 10.7. The standard InChI is InChI=1S/C6H13NO3S/c1-6(2,3)10-5(8)7-11(4)9/h1-4H3,(H,7,8). The molecule has 0 heterocycles. The van der Waals surface area contributed by atoms with E-state index in [1.54, 1.807) is 20.8 Å². The SMILES string of the molecule is C[S+]([O-])NC(=O)OC(C)(C)C. The Balaban J connectivity index is 3.71. The van der Waals surface area contributed by atoms with Crippen LogP contribution in [0.25, 0.3) is 0 Å². The Morgan fingerprint density at radius 1 is 1.55 bits per heavy atom. The van der Waals surface area contributed by atoms with E-state index in [2.05, 4.69) is 4.72 Å². The molecule has 1 N–H and O–H groups in total. The van der Waals surface area contributed by atoms with Crippen molar-refractivity contribution in [2.45, 2.75) is 26.4 Å². The average molecular weight is 179 g/mol. The van der Waals surface area contributed by atoms with Gasteiger partial charge in [0.05, 0.1) is 11.4 Å². The zero-order chi connectivity index (χ0) is 9.07. The minimum Gasteiger partial charge on any atom is -0.593 e. The first kappa shape index (κ1) is 10.6. The lowest BCUT2D eigenvalue weighted by atomic mass is 10.2. The Kier molecular flexibility index (Phi) is 3.68. The van der Waals surface area contributed by atoms with Gasteiger partial charge in [-0.1, -0.05) is 0 Å². The molecule has 0 aliphatic heterocycles. The highest BCUT2D eigenvalue weighted by Crippen LogP contribution is 2.06. The molecule has 0 fully saturated rings. The van der Waals surface area contributed by atoms with Crippen LogP contribution in [0.3, 0.4) is 0 Å². The first-order valence-electron chi connectivity index (χ1n) is 3.14. The summed E-state index contributed by atoms with van der Waals surface area (Å²) in [5, 5.41) is 0. The van der Waals surface area contributed by atoms with Crippen LogP contribution in [0.2, 0.25) is 0 Å². The van der Waals surface area contributed by atoms with Crippen LogP contribution >= 0.6 is 0 Å². The number of hydrogen-bond acceptors (Lipinski definition) is 3. The van der Waals surface area contributed by atoms with Gasteiger partial charge in [-0.15, -0.1) is 4.72 Å². The molecule has 5 heteroatoms. The third-order valence-electron chi connectivity index (χ3n) is 0.626. The summed E-state index contributed by atoms with van der Waals surface area (Å²) in [6.45, 7) is 5.22. The van der Waals surface area contributed by atoms with Crippen molar-refractivity contribution in [1.29, 1.82) is 0 Å². The van der Waals surface area contributed by atoms with E-state index in [-0.39, 0.29) is 0 Å². The predicted molar refractivity (Wildman–Crippen MR) is 43.4 cm³/mol.